The third-order valence-electron chi connectivity index (χ3n) is 4.48. The second kappa shape index (κ2) is 7.92. The molecule has 1 heterocycles. The molecule has 1 aliphatic rings. The number of aryl methyl sites for hydroxylation is 2. The predicted molar refractivity (Wildman–Crippen MR) is 96.1 cm³/mol. The fraction of sp³-hybridized carbons (Fsp3) is 0.350. The summed E-state index contributed by atoms with van der Waals surface area (Å²) in [6, 6.07) is 9.34. The number of methoxy groups -OCH3 is 1. The molecule has 25 heavy (non-hydrogen) atoms. The summed E-state index contributed by atoms with van der Waals surface area (Å²) < 4.78 is 4.97. The van der Waals surface area contributed by atoms with E-state index in [9.17, 15) is 9.59 Å². The van der Waals surface area contributed by atoms with E-state index >= 15 is 0 Å². The Balaban J connectivity index is 1.53. The van der Waals surface area contributed by atoms with Gasteiger partial charge in [-0.1, -0.05) is 12.1 Å². The minimum atomic E-state index is -0.196. The van der Waals surface area contributed by atoms with Crippen molar-refractivity contribution in [3.05, 3.63) is 53.2 Å². The molecular formula is C20H22N2O3. The van der Waals surface area contributed by atoms with Crippen LogP contribution in [0.1, 0.15) is 47.2 Å². The number of amides is 1. The molecule has 0 atom stereocenters. The van der Waals surface area contributed by atoms with Crippen LogP contribution in [0, 0.1) is 0 Å². The van der Waals surface area contributed by atoms with E-state index in [2.05, 4.69) is 16.4 Å². The zero-order chi connectivity index (χ0) is 17.6. The highest BCUT2D eigenvalue weighted by atomic mass is 16.5. The molecule has 1 aromatic heterocycles. The van der Waals surface area contributed by atoms with Gasteiger partial charge >= 0.3 is 0 Å². The Kier molecular flexibility index (Phi) is 5.43. The lowest BCUT2D eigenvalue weighted by Gasteiger charge is -2.16. The van der Waals surface area contributed by atoms with Gasteiger partial charge in [0.15, 0.2) is 5.78 Å². The largest absolute Gasteiger partial charge is 0.481 e. The summed E-state index contributed by atoms with van der Waals surface area (Å²) in [6.45, 7) is 0. The molecule has 0 bridgehead atoms. The number of hydrogen-bond donors (Lipinski definition) is 1. The van der Waals surface area contributed by atoms with E-state index in [-0.39, 0.29) is 24.5 Å². The minimum absolute atomic E-state index is 0.0105. The van der Waals surface area contributed by atoms with Crippen molar-refractivity contribution in [2.45, 2.75) is 38.5 Å². The van der Waals surface area contributed by atoms with Crippen molar-refractivity contribution in [1.29, 1.82) is 0 Å². The maximum absolute atomic E-state index is 12.4. The van der Waals surface area contributed by atoms with Crippen LogP contribution in [0.4, 0.5) is 5.69 Å². The van der Waals surface area contributed by atoms with Crippen molar-refractivity contribution in [3.8, 4) is 5.88 Å². The number of carbonyl (C=O) groups is 2. The second-order valence-electron chi connectivity index (χ2n) is 6.25. The fourth-order valence-corrected chi connectivity index (χ4v) is 3.08. The van der Waals surface area contributed by atoms with Gasteiger partial charge < -0.3 is 10.1 Å². The maximum atomic E-state index is 12.4. The van der Waals surface area contributed by atoms with Crippen molar-refractivity contribution in [1.82, 2.24) is 4.98 Å². The van der Waals surface area contributed by atoms with Gasteiger partial charge in [-0.15, -0.1) is 0 Å². The molecule has 0 fully saturated rings. The van der Waals surface area contributed by atoms with Crippen LogP contribution in [-0.4, -0.2) is 23.8 Å². The number of rotatable bonds is 6. The van der Waals surface area contributed by atoms with Crippen molar-refractivity contribution >= 4 is 17.4 Å². The van der Waals surface area contributed by atoms with Crippen LogP contribution < -0.4 is 10.1 Å². The van der Waals surface area contributed by atoms with Crippen molar-refractivity contribution in [2.75, 3.05) is 12.4 Å². The number of anilines is 1. The molecule has 0 spiro atoms. The molecule has 0 unspecified atom stereocenters. The lowest BCUT2D eigenvalue weighted by Crippen LogP contribution is -2.14. The van der Waals surface area contributed by atoms with Crippen LogP contribution in [-0.2, 0) is 17.6 Å². The van der Waals surface area contributed by atoms with Gasteiger partial charge in [0.25, 0.3) is 0 Å². The van der Waals surface area contributed by atoms with E-state index in [4.69, 9.17) is 4.74 Å². The average molecular weight is 338 g/mol. The Labute approximate surface area is 147 Å². The van der Waals surface area contributed by atoms with E-state index in [1.807, 2.05) is 12.1 Å². The normalized spacial score (nSPS) is 13.0. The fourth-order valence-electron chi connectivity index (χ4n) is 3.08. The molecule has 1 aromatic carbocycles. The Bertz CT molecular complexity index is 769. The predicted octanol–water partition coefficient (Wildman–Crippen LogP) is 3.57. The van der Waals surface area contributed by atoms with Crippen LogP contribution >= 0.6 is 0 Å². The summed E-state index contributed by atoms with van der Waals surface area (Å²) in [7, 11) is 1.53. The van der Waals surface area contributed by atoms with Crippen LogP contribution in [0.5, 0.6) is 5.88 Å². The molecule has 1 amide bonds. The first-order valence-corrected chi connectivity index (χ1v) is 8.60. The number of nitrogens with one attached hydrogen (secondary N) is 1. The molecular weight excluding hydrogens is 316 g/mol. The smallest absolute Gasteiger partial charge is 0.224 e. The first-order chi connectivity index (χ1) is 12.2. The maximum Gasteiger partial charge on any atom is 0.224 e. The number of fused-ring (bicyclic) bond motifs is 1. The van der Waals surface area contributed by atoms with Gasteiger partial charge in [-0.25, -0.2) is 4.98 Å². The zero-order valence-corrected chi connectivity index (χ0v) is 14.4. The minimum Gasteiger partial charge on any atom is -0.481 e. The van der Waals surface area contributed by atoms with Crippen LogP contribution in [0.25, 0.3) is 0 Å². The highest BCUT2D eigenvalue weighted by molar-refractivity contribution is 6.00. The highest BCUT2D eigenvalue weighted by Crippen LogP contribution is 2.23. The average Bonchev–Trinajstić information content (AvgIpc) is 2.66. The topological polar surface area (TPSA) is 68.3 Å². The Morgan fingerprint density at radius 2 is 1.88 bits per heavy atom. The summed E-state index contributed by atoms with van der Waals surface area (Å²) in [6.07, 6.45) is 6.44. The van der Waals surface area contributed by atoms with Gasteiger partial charge in [-0.05, 0) is 48.9 Å². The monoisotopic (exact) mass is 338 g/mol. The molecule has 0 radical (unpaired) electrons. The highest BCUT2D eigenvalue weighted by Gasteiger charge is 2.14. The summed E-state index contributed by atoms with van der Waals surface area (Å²) in [5, 5.41) is 2.74. The zero-order valence-electron chi connectivity index (χ0n) is 14.4. The van der Waals surface area contributed by atoms with Crippen molar-refractivity contribution < 1.29 is 14.3 Å². The molecule has 1 aliphatic carbocycles. The molecule has 130 valence electrons. The molecule has 5 heteroatoms. The Morgan fingerprint density at radius 3 is 2.60 bits per heavy atom. The van der Waals surface area contributed by atoms with E-state index in [1.54, 1.807) is 12.1 Å². The lowest BCUT2D eigenvalue weighted by atomic mass is 9.89. The third-order valence-corrected chi connectivity index (χ3v) is 4.48. The number of nitrogens with zero attached hydrogens (tertiary/aromatic N) is 1. The summed E-state index contributed by atoms with van der Waals surface area (Å²) >= 11 is 0. The van der Waals surface area contributed by atoms with Gasteiger partial charge in [0.05, 0.1) is 19.0 Å². The summed E-state index contributed by atoms with van der Waals surface area (Å²) in [5.74, 6) is 0.301. The van der Waals surface area contributed by atoms with E-state index in [1.165, 1.54) is 37.3 Å². The second-order valence-corrected chi connectivity index (χ2v) is 6.25. The number of carbonyl (C=O) groups excluding carboxylic acids is 2. The van der Waals surface area contributed by atoms with Gasteiger partial charge in [0.2, 0.25) is 11.8 Å². The van der Waals surface area contributed by atoms with Crippen LogP contribution in [0.2, 0.25) is 0 Å². The van der Waals surface area contributed by atoms with Crippen LogP contribution in [0.3, 0.4) is 0 Å². The van der Waals surface area contributed by atoms with E-state index in [0.29, 0.717) is 17.1 Å². The lowest BCUT2D eigenvalue weighted by molar-refractivity contribution is -0.116. The van der Waals surface area contributed by atoms with E-state index < -0.39 is 0 Å². The number of ketones is 1. The van der Waals surface area contributed by atoms with Crippen molar-refractivity contribution in [2.24, 2.45) is 0 Å². The molecule has 1 N–H and O–H groups in total. The SMILES string of the molecule is COc1ccc(NC(=O)CCC(=O)c2ccc3c(c2)CCCC3)cn1. The number of pyridine rings is 1. The first-order valence-electron chi connectivity index (χ1n) is 8.60. The van der Waals surface area contributed by atoms with Gasteiger partial charge in [-0.3, -0.25) is 9.59 Å². The summed E-state index contributed by atoms with van der Waals surface area (Å²) in [4.78, 5) is 28.4. The number of Topliss-reactive ketones (excluding diaryl/α,β-unsaturated/α-hetero) is 1. The van der Waals surface area contributed by atoms with Gasteiger partial charge in [0.1, 0.15) is 0 Å². The Hall–Kier alpha value is -2.69. The Morgan fingerprint density at radius 1 is 1.08 bits per heavy atom. The summed E-state index contributed by atoms with van der Waals surface area (Å²) in [5.41, 5.74) is 3.94. The molecule has 0 saturated carbocycles. The first kappa shape index (κ1) is 17.1. The molecule has 2 aromatic rings. The number of ether oxygens (including phenoxy) is 1. The van der Waals surface area contributed by atoms with Crippen LogP contribution in [0.15, 0.2) is 36.5 Å². The van der Waals surface area contributed by atoms with E-state index in [0.717, 1.165) is 12.8 Å². The standard InChI is InChI=1S/C20H22N2O3/c1-25-20-11-8-17(13-21-20)22-19(24)10-9-18(23)16-7-6-14-4-2-3-5-15(14)12-16/h6-8,11-13H,2-5,9-10H2,1H3,(H,22,24). The van der Waals surface area contributed by atoms with Gasteiger partial charge in [-0.2, -0.15) is 0 Å². The number of aromatic nitrogens is 1. The van der Waals surface area contributed by atoms with Crippen molar-refractivity contribution in [3.63, 3.8) is 0 Å². The number of benzene rings is 1. The third kappa shape index (κ3) is 4.44. The molecule has 3 rings (SSSR count). The molecule has 0 aliphatic heterocycles. The quantitative estimate of drug-likeness (QED) is 0.818. The van der Waals surface area contributed by atoms with Gasteiger partial charge in [0, 0.05) is 24.5 Å². The number of hydrogen-bond acceptors (Lipinski definition) is 4. The molecule has 5 nitrogen and oxygen atoms in total. The molecule has 0 saturated heterocycles.